The number of benzene rings is 1. The van der Waals surface area contributed by atoms with E-state index in [0.29, 0.717) is 17.9 Å². The maximum Gasteiger partial charge on any atom is 0.344 e. The van der Waals surface area contributed by atoms with Gasteiger partial charge in [-0.15, -0.1) is 0 Å². The summed E-state index contributed by atoms with van der Waals surface area (Å²) in [7, 11) is 0. The van der Waals surface area contributed by atoms with Crippen LogP contribution in [0.25, 0.3) is 0 Å². The van der Waals surface area contributed by atoms with Crippen LogP contribution >= 0.6 is 0 Å². The van der Waals surface area contributed by atoms with E-state index in [1.807, 2.05) is 0 Å². The standard InChI is InChI=1S/C14H18O5/c1-4-17-14(16)11-5-7-12(8-6-11)18-9-13(15)19-10(2)3/h5-8,10H,4,9H2,1-3H3. The second-order valence-corrected chi connectivity index (χ2v) is 4.07. The number of rotatable bonds is 6. The lowest BCUT2D eigenvalue weighted by atomic mass is 10.2. The minimum atomic E-state index is -0.426. The zero-order valence-electron chi connectivity index (χ0n) is 11.3. The van der Waals surface area contributed by atoms with E-state index >= 15 is 0 Å². The molecule has 19 heavy (non-hydrogen) atoms. The Kier molecular flexibility index (Phi) is 5.85. The van der Waals surface area contributed by atoms with Crippen LogP contribution in [0.1, 0.15) is 31.1 Å². The molecule has 0 fully saturated rings. The highest BCUT2D eigenvalue weighted by Gasteiger charge is 2.08. The van der Waals surface area contributed by atoms with Crippen LogP contribution in [-0.4, -0.2) is 31.3 Å². The zero-order valence-corrected chi connectivity index (χ0v) is 11.3. The fourth-order valence-electron chi connectivity index (χ4n) is 1.34. The van der Waals surface area contributed by atoms with Crippen LogP contribution in [0.4, 0.5) is 0 Å². The second-order valence-electron chi connectivity index (χ2n) is 4.07. The quantitative estimate of drug-likeness (QED) is 0.739. The van der Waals surface area contributed by atoms with Crippen molar-refractivity contribution >= 4 is 11.9 Å². The molecule has 0 radical (unpaired) electrons. The van der Waals surface area contributed by atoms with Crippen molar-refractivity contribution in [3.63, 3.8) is 0 Å². The minimum absolute atomic E-state index is 0.156. The molecule has 0 bridgehead atoms. The lowest BCUT2D eigenvalue weighted by Gasteiger charge is -2.09. The van der Waals surface area contributed by atoms with Gasteiger partial charge in [0, 0.05) is 0 Å². The lowest BCUT2D eigenvalue weighted by Crippen LogP contribution is -2.18. The molecule has 104 valence electrons. The number of hydrogen-bond donors (Lipinski definition) is 0. The van der Waals surface area contributed by atoms with Gasteiger partial charge in [0.2, 0.25) is 0 Å². The van der Waals surface area contributed by atoms with Gasteiger partial charge in [-0.3, -0.25) is 0 Å². The highest BCUT2D eigenvalue weighted by Crippen LogP contribution is 2.13. The highest BCUT2D eigenvalue weighted by atomic mass is 16.6. The molecule has 5 heteroatoms. The molecular formula is C14H18O5. The smallest absolute Gasteiger partial charge is 0.344 e. The summed E-state index contributed by atoms with van der Waals surface area (Å²) in [6, 6.07) is 6.38. The van der Waals surface area contributed by atoms with E-state index in [0.717, 1.165) is 0 Å². The molecule has 0 aromatic heterocycles. The molecular weight excluding hydrogens is 248 g/mol. The molecule has 0 saturated heterocycles. The zero-order chi connectivity index (χ0) is 14.3. The average molecular weight is 266 g/mol. The summed E-state index contributed by atoms with van der Waals surface area (Å²) >= 11 is 0. The molecule has 0 aliphatic heterocycles. The largest absolute Gasteiger partial charge is 0.482 e. The Morgan fingerprint density at radius 2 is 1.79 bits per heavy atom. The molecule has 1 rings (SSSR count). The van der Waals surface area contributed by atoms with Crippen LogP contribution in [0.2, 0.25) is 0 Å². The molecule has 0 unspecified atom stereocenters. The van der Waals surface area contributed by atoms with Gasteiger partial charge in [0.1, 0.15) is 5.75 Å². The van der Waals surface area contributed by atoms with E-state index in [2.05, 4.69) is 0 Å². The van der Waals surface area contributed by atoms with E-state index < -0.39 is 5.97 Å². The van der Waals surface area contributed by atoms with E-state index in [1.165, 1.54) is 0 Å². The average Bonchev–Trinajstić information content (AvgIpc) is 2.36. The van der Waals surface area contributed by atoms with Gasteiger partial charge in [0.25, 0.3) is 0 Å². The van der Waals surface area contributed by atoms with Crippen LogP contribution in [0.5, 0.6) is 5.75 Å². The molecule has 0 atom stereocenters. The molecule has 0 aliphatic rings. The van der Waals surface area contributed by atoms with E-state index in [1.54, 1.807) is 45.0 Å². The van der Waals surface area contributed by atoms with Crippen molar-refractivity contribution < 1.29 is 23.8 Å². The van der Waals surface area contributed by atoms with Crippen LogP contribution in [0.3, 0.4) is 0 Å². The first kappa shape index (κ1) is 15.0. The van der Waals surface area contributed by atoms with Crippen molar-refractivity contribution in [1.82, 2.24) is 0 Å². The second kappa shape index (κ2) is 7.41. The van der Waals surface area contributed by atoms with E-state index in [4.69, 9.17) is 14.2 Å². The Balaban J connectivity index is 2.48. The molecule has 1 aromatic carbocycles. The van der Waals surface area contributed by atoms with E-state index in [9.17, 15) is 9.59 Å². The summed E-state index contributed by atoms with van der Waals surface area (Å²) in [5.74, 6) is -0.313. The first-order valence-electron chi connectivity index (χ1n) is 6.12. The maximum absolute atomic E-state index is 11.4. The predicted octanol–water partition coefficient (Wildman–Crippen LogP) is 2.19. The van der Waals surface area contributed by atoms with Crippen molar-refractivity contribution in [1.29, 1.82) is 0 Å². The number of carbonyl (C=O) groups is 2. The Bertz CT molecular complexity index is 422. The first-order valence-corrected chi connectivity index (χ1v) is 6.12. The van der Waals surface area contributed by atoms with Crippen molar-refractivity contribution in [3.05, 3.63) is 29.8 Å². The third-order valence-corrected chi connectivity index (χ3v) is 2.09. The van der Waals surface area contributed by atoms with Gasteiger partial charge in [-0.1, -0.05) is 0 Å². The number of carbonyl (C=O) groups excluding carboxylic acids is 2. The summed E-state index contributed by atoms with van der Waals surface area (Å²) in [4.78, 5) is 22.7. The van der Waals surface area contributed by atoms with Crippen molar-refractivity contribution in [2.24, 2.45) is 0 Å². The van der Waals surface area contributed by atoms with Gasteiger partial charge in [-0.25, -0.2) is 9.59 Å². The van der Waals surface area contributed by atoms with Gasteiger partial charge in [0.15, 0.2) is 6.61 Å². The van der Waals surface area contributed by atoms with E-state index in [-0.39, 0.29) is 18.7 Å². The Labute approximate surface area is 112 Å². The van der Waals surface area contributed by atoms with Crippen LogP contribution < -0.4 is 4.74 Å². The summed E-state index contributed by atoms with van der Waals surface area (Å²) in [6.07, 6.45) is -0.165. The summed E-state index contributed by atoms with van der Waals surface area (Å²) in [5, 5.41) is 0. The van der Waals surface area contributed by atoms with Crippen LogP contribution in [0, 0.1) is 0 Å². The molecule has 0 heterocycles. The molecule has 1 aromatic rings. The first-order chi connectivity index (χ1) is 9.02. The lowest BCUT2D eigenvalue weighted by molar-refractivity contribution is -0.149. The van der Waals surface area contributed by atoms with Crippen LogP contribution in [0.15, 0.2) is 24.3 Å². The fraction of sp³-hybridized carbons (Fsp3) is 0.429. The molecule has 0 aliphatic carbocycles. The van der Waals surface area contributed by atoms with Gasteiger partial charge < -0.3 is 14.2 Å². The topological polar surface area (TPSA) is 61.8 Å². The highest BCUT2D eigenvalue weighted by molar-refractivity contribution is 5.89. The van der Waals surface area contributed by atoms with Gasteiger partial charge >= 0.3 is 11.9 Å². The Morgan fingerprint density at radius 3 is 2.32 bits per heavy atom. The molecule has 0 N–H and O–H groups in total. The SMILES string of the molecule is CCOC(=O)c1ccc(OCC(=O)OC(C)C)cc1. The Hall–Kier alpha value is -2.04. The van der Waals surface area contributed by atoms with Gasteiger partial charge in [0.05, 0.1) is 18.3 Å². The van der Waals surface area contributed by atoms with Crippen molar-refractivity contribution in [2.45, 2.75) is 26.9 Å². The Morgan fingerprint density at radius 1 is 1.16 bits per heavy atom. The van der Waals surface area contributed by atoms with Gasteiger partial charge in [-0.2, -0.15) is 0 Å². The number of ether oxygens (including phenoxy) is 3. The van der Waals surface area contributed by atoms with Gasteiger partial charge in [-0.05, 0) is 45.0 Å². The maximum atomic E-state index is 11.4. The molecule has 0 amide bonds. The fourth-order valence-corrected chi connectivity index (χ4v) is 1.34. The summed E-state index contributed by atoms with van der Waals surface area (Å²) in [5.41, 5.74) is 0.443. The number of hydrogen-bond acceptors (Lipinski definition) is 5. The van der Waals surface area contributed by atoms with Crippen molar-refractivity contribution in [3.8, 4) is 5.75 Å². The molecule has 0 saturated carbocycles. The van der Waals surface area contributed by atoms with Crippen LogP contribution in [-0.2, 0) is 14.3 Å². The summed E-state index contributed by atoms with van der Waals surface area (Å²) in [6.45, 7) is 5.46. The minimum Gasteiger partial charge on any atom is -0.482 e. The molecule has 5 nitrogen and oxygen atoms in total. The number of esters is 2. The predicted molar refractivity (Wildman–Crippen MR) is 69.1 cm³/mol. The third-order valence-electron chi connectivity index (χ3n) is 2.09. The normalized spacial score (nSPS) is 10.1. The monoisotopic (exact) mass is 266 g/mol. The van der Waals surface area contributed by atoms with Crippen molar-refractivity contribution in [2.75, 3.05) is 13.2 Å². The summed E-state index contributed by atoms with van der Waals surface area (Å²) < 4.78 is 15.0. The third kappa shape index (κ3) is 5.42. The molecule has 0 spiro atoms.